The van der Waals surface area contributed by atoms with Crippen molar-refractivity contribution in [1.29, 1.82) is 0 Å². The number of benzene rings is 1. The highest BCUT2D eigenvalue weighted by atomic mass is 32.1. The van der Waals surface area contributed by atoms with Gasteiger partial charge in [0.1, 0.15) is 5.82 Å². The fourth-order valence-electron chi connectivity index (χ4n) is 3.16. The average Bonchev–Trinajstić information content (AvgIpc) is 2.89. The Labute approximate surface area is 139 Å². The summed E-state index contributed by atoms with van der Waals surface area (Å²) in [6, 6.07) is 8.68. The maximum Gasteiger partial charge on any atom is 0.264 e. The number of nitrogens with two attached hydrogens (primary N) is 1. The summed E-state index contributed by atoms with van der Waals surface area (Å²) in [7, 11) is 0. The van der Waals surface area contributed by atoms with E-state index in [-0.39, 0.29) is 23.8 Å². The van der Waals surface area contributed by atoms with Crippen LogP contribution in [0.25, 0.3) is 11.1 Å². The van der Waals surface area contributed by atoms with Crippen molar-refractivity contribution < 1.29 is 9.18 Å². The predicted octanol–water partition coefficient (Wildman–Crippen LogP) is 3.81. The molecule has 0 spiro atoms. The van der Waals surface area contributed by atoms with Crippen LogP contribution in [0.3, 0.4) is 0 Å². The van der Waals surface area contributed by atoms with Crippen LogP contribution >= 0.6 is 11.3 Å². The lowest BCUT2D eigenvalue weighted by atomic mass is 9.99. The summed E-state index contributed by atoms with van der Waals surface area (Å²) in [5, 5.41) is 0. The van der Waals surface area contributed by atoms with E-state index in [1.54, 1.807) is 12.1 Å². The zero-order valence-electron chi connectivity index (χ0n) is 13.4. The standard InChI is InChI=1S/C18H21FN2OS/c1-11-9-15(20)7-8-21(11)18(22)17-10-16(12(2)23-17)13-3-5-14(19)6-4-13/h3-6,10-11,15H,7-9,20H2,1-2H3/t11-,15+/m1/s1. The molecule has 2 N–H and O–H groups in total. The third kappa shape index (κ3) is 3.31. The van der Waals surface area contributed by atoms with E-state index in [0.29, 0.717) is 6.54 Å². The number of carbonyl (C=O) groups is 1. The Morgan fingerprint density at radius 2 is 2.04 bits per heavy atom. The van der Waals surface area contributed by atoms with Gasteiger partial charge in [0.2, 0.25) is 0 Å². The van der Waals surface area contributed by atoms with Gasteiger partial charge in [-0.25, -0.2) is 4.39 Å². The van der Waals surface area contributed by atoms with Crippen molar-refractivity contribution in [3.63, 3.8) is 0 Å². The number of thiophene rings is 1. The molecule has 3 rings (SSSR count). The normalized spacial score (nSPS) is 21.5. The first-order chi connectivity index (χ1) is 11.0. The number of carbonyl (C=O) groups excluding carboxylic acids is 1. The second kappa shape index (κ2) is 6.42. The summed E-state index contributed by atoms with van der Waals surface area (Å²) in [5.41, 5.74) is 7.91. The number of likely N-dealkylation sites (tertiary alicyclic amines) is 1. The first-order valence-corrected chi connectivity index (χ1v) is 8.70. The van der Waals surface area contributed by atoms with E-state index in [0.717, 1.165) is 33.7 Å². The van der Waals surface area contributed by atoms with E-state index < -0.39 is 0 Å². The maximum absolute atomic E-state index is 13.1. The molecule has 1 amide bonds. The van der Waals surface area contributed by atoms with Gasteiger partial charge in [0.15, 0.2) is 0 Å². The van der Waals surface area contributed by atoms with Gasteiger partial charge >= 0.3 is 0 Å². The molecular formula is C18H21FN2OS. The molecule has 1 fully saturated rings. The lowest BCUT2D eigenvalue weighted by Gasteiger charge is -2.36. The Hall–Kier alpha value is -1.72. The van der Waals surface area contributed by atoms with Gasteiger partial charge in [0.25, 0.3) is 5.91 Å². The van der Waals surface area contributed by atoms with Gasteiger partial charge in [0, 0.05) is 23.5 Å². The fourth-order valence-corrected chi connectivity index (χ4v) is 4.15. The third-order valence-electron chi connectivity index (χ3n) is 4.46. The van der Waals surface area contributed by atoms with E-state index in [1.807, 2.05) is 17.9 Å². The van der Waals surface area contributed by atoms with Gasteiger partial charge in [-0.1, -0.05) is 12.1 Å². The number of rotatable bonds is 2. The van der Waals surface area contributed by atoms with E-state index in [1.165, 1.54) is 23.5 Å². The summed E-state index contributed by atoms with van der Waals surface area (Å²) in [5.74, 6) is -0.178. The van der Waals surface area contributed by atoms with Gasteiger partial charge in [-0.3, -0.25) is 4.79 Å². The van der Waals surface area contributed by atoms with Crippen molar-refractivity contribution in [3.8, 4) is 11.1 Å². The number of piperidine rings is 1. The molecular weight excluding hydrogens is 311 g/mol. The fraction of sp³-hybridized carbons (Fsp3) is 0.389. The molecule has 5 heteroatoms. The zero-order chi connectivity index (χ0) is 16.6. The zero-order valence-corrected chi connectivity index (χ0v) is 14.2. The summed E-state index contributed by atoms with van der Waals surface area (Å²) in [4.78, 5) is 16.5. The molecule has 122 valence electrons. The molecule has 0 bridgehead atoms. The molecule has 2 aromatic rings. The number of hydrogen-bond donors (Lipinski definition) is 1. The Bertz CT molecular complexity index is 710. The minimum atomic E-state index is -0.253. The van der Waals surface area contributed by atoms with E-state index in [4.69, 9.17) is 5.73 Å². The lowest BCUT2D eigenvalue weighted by Crippen LogP contribution is -2.48. The highest BCUT2D eigenvalue weighted by Crippen LogP contribution is 2.32. The van der Waals surface area contributed by atoms with Gasteiger partial charge in [0.05, 0.1) is 4.88 Å². The minimum absolute atomic E-state index is 0.0749. The van der Waals surface area contributed by atoms with Gasteiger partial charge in [-0.05, 0) is 56.0 Å². The van der Waals surface area contributed by atoms with E-state index in [9.17, 15) is 9.18 Å². The van der Waals surface area contributed by atoms with E-state index in [2.05, 4.69) is 6.92 Å². The third-order valence-corrected chi connectivity index (χ3v) is 5.50. The first kappa shape index (κ1) is 16.1. The molecule has 1 aliphatic rings. The molecule has 1 saturated heterocycles. The second-order valence-electron chi connectivity index (χ2n) is 6.22. The number of amides is 1. The Morgan fingerprint density at radius 1 is 1.35 bits per heavy atom. The molecule has 0 radical (unpaired) electrons. The van der Waals surface area contributed by atoms with Crippen molar-refractivity contribution in [2.45, 2.75) is 38.8 Å². The average molecular weight is 332 g/mol. The van der Waals surface area contributed by atoms with Crippen LogP contribution in [0.2, 0.25) is 0 Å². The molecule has 2 atom stereocenters. The summed E-state index contributed by atoms with van der Waals surface area (Å²) in [6.45, 7) is 4.76. The van der Waals surface area contributed by atoms with Crippen molar-refractivity contribution in [1.82, 2.24) is 4.90 Å². The summed E-state index contributed by atoms with van der Waals surface area (Å²) >= 11 is 1.50. The summed E-state index contributed by atoms with van der Waals surface area (Å²) < 4.78 is 13.1. The van der Waals surface area contributed by atoms with Gasteiger partial charge in [-0.2, -0.15) is 0 Å². The lowest BCUT2D eigenvalue weighted by molar-refractivity contribution is 0.0624. The second-order valence-corrected chi connectivity index (χ2v) is 7.48. The highest BCUT2D eigenvalue weighted by Gasteiger charge is 2.29. The molecule has 1 aromatic heterocycles. The highest BCUT2D eigenvalue weighted by molar-refractivity contribution is 7.14. The Balaban J connectivity index is 1.85. The number of halogens is 1. The Morgan fingerprint density at radius 3 is 2.70 bits per heavy atom. The van der Waals surface area contributed by atoms with Crippen LogP contribution in [0.4, 0.5) is 4.39 Å². The number of nitrogens with zero attached hydrogens (tertiary/aromatic N) is 1. The first-order valence-electron chi connectivity index (χ1n) is 7.88. The van der Waals surface area contributed by atoms with Crippen LogP contribution in [-0.4, -0.2) is 29.4 Å². The van der Waals surface area contributed by atoms with Crippen molar-refractivity contribution in [2.24, 2.45) is 5.73 Å². The van der Waals surface area contributed by atoms with Crippen LogP contribution in [0.5, 0.6) is 0 Å². The van der Waals surface area contributed by atoms with Gasteiger partial charge < -0.3 is 10.6 Å². The van der Waals surface area contributed by atoms with Crippen LogP contribution in [0.15, 0.2) is 30.3 Å². The number of hydrogen-bond acceptors (Lipinski definition) is 3. The molecule has 1 aliphatic heterocycles. The maximum atomic E-state index is 13.1. The molecule has 0 saturated carbocycles. The van der Waals surface area contributed by atoms with Crippen molar-refractivity contribution >= 4 is 17.2 Å². The van der Waals surface area contributed by atoms with Crippen LogP contribution in [-0.2, 0) is 0 Å². The van der Waals surface area contributed by atoms with Gasteiger partial charge in [-0.15, -0.1) is 11.3 Å². The quantitative estimate of drug-likeness (QED) is 0.909. The SMILES string of the molecule is Cc1sc(C(=O)N2CC[C@H](N)C[C@H]2C)cc1-c1ccc(F)cc1. The topological polar surface area (TPSA) is 46.3 Å². The molecule has 0 unspecified atom stereocenters. The van der Waals surface area contributed by atoms with Crippen LogP contribution < -0.4 is 5.73 Å². The molecule has 23 heavy (non-hydrogen) atoms. The van der Waals surface area contributed by atoms with Crippen molar-refractivity contribution in [2.75, 3.05) is 6.54 Å². The molecule has 2 heterocycles. The smallest absolute Gasteiger partial charge is 0.264 e. The van der Waals surface area contributed by atoms with Crippen molar-refractivity contribution in [3.05, 3.63) is 45.9 Å². The largest absolute Gasteiger partial charge is 0.335 e. The minimum Gasteiger partial charge on any atom is -0.335 e. The summed E-state index contributed by atoms with van der Waals surface area (Å²) in [6.07, 6.45) is 1.70. The van der Waals surface area contributed by atoms with Crippen LogP contribution in [0, 0.1) is 12.7 Å². The van der Waals surface area contributed by atoms with Crippen LogP contribution in [0.1, 0.15) is 34.3 Å². The molecule has 3 nitrogen and oxygen atoms in total. The molecule has 0 aliphatic carbocycles. The monoisotopic (exact) mass is 332 g/mol. The Kier molecular flexibility index (Phi) is 4.50. The van der Waals surface area contributed by atoms with E-state index >= 15 is 0 Å². The number of aryl methyl sites for hydroxylation is 1. The predicted molar refractivity (Wildman–Crippen MR) is 92.2 cm³/mol. The molecule has 1 aromatic carbocycles.